The number of hydrogen-bond acceptors (Lipinski definition) is 3. The Hall–Kier alpha value is -1.75. The van der Waals surface area contributed by atoms with Gasteiger partial charge in [0.05, 0.1) is 6.61 Å². The summed E-state index contributed by atoms with van der Waals surface area (Å²) >= 11 is 0. The maximum absolute atomic E-state index is 12.7. The summed E-state index contributed by atoms with van der Waals surface area (Å²) in [5.41, 5.74) is 1.39. The number of benzene rings is 1. The molecule has 0 unspecified atom stereocenters. The molecule has 3 aliphatic rings. The molecular weight excluding hydrogens is 374 g/mol. The molecule has 0 spiro atoms. The van der Waals surface area contributed by atoms with Gasteiger partial charge in [-0.1, -0.05) is 18.6 Å². The van der Waals surface area contributed by atoms with Gasteiger partial charge in [0.1, 0.15) is 5.75 Å². The fourth-order valence-corrected chi connectivity index (χ4v) is 5.19. The Bertz CT molecular complexity index is 643. The number of ether oxygens (including phenoxy) is 1. The Kier molecular flexibility index (Phi) is 7.90. The van der Waals surface area contributed by atoms with E-state index in [2.05, 4.69) is 39.0 Å². The molecule has 30 heavy (non-hydrogen) atoms. The van der Waals surface area contributed by atoms with E-state index in [-0.39, 0.29) is 6.03 Å². The molecule has 0 bridgehead atoms. The van der Waals surface area contributed by atoms with Gasteiger partial charge in [-0.3, -0.25) is 0 Å². The van der Waals surface area contributed by atoms with E-state index in [0.29, 0.717) is 5.92 Å². The van der Waals surface area contributed by atoms with Crippen LogP contribution in [0.25, 0.3) is 0 Å². The molecule has 3 saturated heterocycles. The van der Waals surface area contributed by atoms with Crippen LogP contribution in [0.3, 0.4) is 0 Å². The Morgan fingerprint density at radius 2 is 1.40 bits per heavy atom. The predicted octanol–water partition coefficient (Wildman–Crippen LogP) is 4.73. The lowest BCUT2D eigenvalue weighted by molar-refractivity contribution is 0.132. The van der Waals surface area contributed by atoms with Crippen LogP contribution in [0.5, 0.6) is 5.75 Å². The number of carbonyl (C=O) groups excluding carboxylic acids is 1. The maximum atomic E-state index is 12.7. The molecule has 3 heterocycles. The number of nitrogens with zero attached hydrogens (tertiary/aromatic N) is 3. The van der Waals surface area contributed by atoms with Gasteiger partial charge in [0, 0.05) is 32.7 Å². The zero-order chi connectivity index (χ0) is 20.6. The first-order valence-corrected chi connectivity index (χ1v) is 12.3. The highest BCUT2D eigenvalue weighted by Gasteiger charge is 2.27. The van der Waals surface area contributed by atoms with Crippen molar-refractivity contribution in [3.63, 3.8) is 0 Å². The number of piperidine rings is 3. The molecule has 5 heteroatoms. The molecule has 2 amide bonds. The number of hydrogen-bond donors (Lipinski definition) is 0. The summed E-state index contributed by atoms with van der Waals surface area (Å²) in [7, 11) is 0. The first-order chi connectivity index (χ1) is 14.8. The van der Waals surface area contributed by atoms with Crippen LogP contribution < -0.4 is 4.74 Å². The molecular formula is C25H39N3O2. The molecule has 166 valence electrons. The van der Waals surface area contributed by atoms with E-state index in [0.717, 1.165) is 77.2 Å². The van der Waals surface area contributed by atoms with Crippen molar-refractivity contribution in [2.24, 2.45) is 0 Å². The number of rotatable bonds is 6. The highest BCUT2D eigenvalue weighted by Crippen LogP contribution is 2.30. The normalized spacial score (nSPS) is 21.6. The van der Waals surface area contributed by atoms with Gasteiger partial charge in [0.2, 0.25) is 0 Å². The van der Waals surface area contributed by atoms with Crippen LogP contribution in [-0.4, -0.2) is 73.2 Å². The first-order valence-electron chi connectivity index (χ1n) is 12.3. The molecule has 3 aliphatic heterocycles. The highest BCUT2D eigenvalue weighted by molar-refractivity contribution is 5.74. The number of carbonyl (C=O) groups is 1. The molecule has 5 nitrogen and oxygen atoms in total. The van der Waals surface area contributed by atoms with E-state index in [1.54, 1.807) is 0 Å². The first kappa shape index (κ1) is 21.5. The van der Waals surface area contributed by atoms with Crippen molar-refractivity contribution in [2.45, 2.75) is 63.7 Å². The van der Waals surface area contributed by atoms with Crippen LogP contribution in [0.1, 0.15) is 69.3 Å². The van der Waals surface area contributed by atoms with Gasteiger partial charge in [-0.05, 0) is 88.1 Å². The molecule has 0 saturated carbocycles. The monoisotopic (exact) mass is 413 g/mol. The summed E-state index contributed by atoms with van der Waals surface area (Å²) in [4.78, 5) is 19.4. The van der Waals surface area contributed by atoms with Crippen LogP contribution in [0, 0.1) is 0 Å². The third kappa shape index (κ3) is 5.90. The second kappa shape index (κ2) is 11.0. The molecule has 0 aromatic heterocycles. The second-order valence-electron chi connectivity index (χ2n) is 9.26. The topological polar surface area (TPSA) is 36.0 Å². The third-order valence-electron chi connectivity index (χ3n) is 7.08. The average molecular weight is 414 g/mol. The molecule has 0 radical (unpaired) electrons. The van der Waals surface area contributed by atoms with Gasteiger partial charge in [-0.2, -0.15) is 0 Å². The minimum Gasteiger partial charge on any atom is -0.494 e. The number of urea groups is 1. The Morgan fingerprint density at radius 3 is 2.07 bits per heavy atom. The minimum absolute atomic E-state index is 0.265. The largest absolute Gasteiger partial charge is 0.494 e. The summed E-state index contributed by atoms with van der Waals surface area (Å²) in [6.45, 7) is 8.13. The van der Waals surface area contributed by atoms with E-state index in [1.807, 2.05) is 0 Å². The Labute approximate surface area is 182 Å². The summed E-state index contributed by atoms with van der Waals surface area (Å²) < 4.78 is 5.97. The van der Waals surface area contributed by atoms with E-state index in [4.69, 9.17) is 4.74 Å². The molecule has 3 fully saturated rings. The van der Waals surface area contributed by atoms with Crippen molar-refractivity contribution in [1.82, 2.24) is 14.7 Å². The van der Waals surface area contributed by atoms with E-state index >= 15 is 0 Å². The molecule has 1 aromatic rings. The zero-order valence-corrected chi connectivity index (χ0v) is 18.6. The lowest BCUT2D eigenvalue weighted by Crippen LogP contribution is -2.48. The molecule has 0 N–H and O–H groups in total. The third-order valence-corrected chi connectivity index (χ3v) is 7.08. The van der Waals surface area contributed by atoms with Crippen LogP contribution >= 0.6 is 0 Å². The van der Waals surface area contributed by atoms with Crippen molar-refractivity contribution in [3.05, 3.63) is 29.8 Å². The van der Waals surface area contributed by atoms with Gasteiger partial charge in [0.15, 0.2) is 0 Å². The Balaban J connectivity index is 1.17. The van der Waals surface area contributed by atoms with Crippen molar-refractivity contribution in [1.29, 1.82) is 0 Å². The maximum Gasteiger partial charge on any atom is 0.319 e. The smallest absolute Gasteiger partial charge is 0.319 e. The molecule has 0 aliphatic carbocycles. The lowest BCUT2D eigenvalue weighted by Gasteiger charge is -2.37. The number of amides is 2. The summed E-state index contributed by atoms with van der Waals surface area (Å²) in [6.07, 6.45) is 10.9. The summed E-state index contributed by atoms with van der Waals surface area (Å²) in [5.74, 6) is 1.54. The Morgan fingerprint density at radius 1 is 0.800 bits per heavy atom. The number of likely N-dealkylation sites (tertiary alicyclic amines) is 3. The fourth-order valence-electron chi connectivity index (χ4n) is 5.19. The SMILES string of the molecule is O=C(N1CCCCC1)N1CCC(c2ccc(OCCCN3CCCCC3)cc2)CC1. The summed E-state index contributed by atoms with van der Waals surface area (Å²) in [6, 6.07) is 8.98. The van der Waals surface area contributed by atoms with E-state index in [9.17, 15) is 4.79 Å². The standard InChI is InChI=1S/C25H39N3O2/c29-25(27-17-5-2-6-18-27)28-19-12-23(13-20-28)22-8-10-24(11-9-22)30-21-7-16-26-14-3-1-4-15-26/h8-11,23H,1-7,12-21H2. The highest BCUT2D eigenvalue weighted by atomic mass is 16.5. The summed E-state index contributed by atoms with van der Waals surface area (Å²) in [5, 5.41) is 0. The van der Waals surface area contributed by atoms with Gasteiger partial charge in [-0.15, -0.1) is 0 Å². The van der Waals surface area contributed by atoms with E-state index < -0.39 is 0 Å². The van der Waals surface area contributed by atoms with Crippen molar-refractivity contribution < 1.29 is 9.53 Å². The van der Waals surface area contributed by atoms with Gasteiger partial charge in [-0.25, -0.2) is 4.79 Å². The van der Waals surface area contributed by atoms with E-state index in [1.165, 1.54) is 44.3 Å². The van der Waals surface area contributed by atoms with Crippen molar-refractivity contribution in [2.75, 3.05) is 52.4 Å². The molecule has 4 rings (SSSR count). The van der Waals surface area contributed by atoms with Gasteiger partial charge >= 0.3 is 6.03 Å². The minimum atomic E-state index is 0.265. The van der Waals surface area contributed by atoms with Crippen molar-refractivity contribution in [3.8, 4) is 5.75 Å². The molecule has 0 atom stereocenters. The van der Waals surface area contributed by atoms with Gasteiger partial charge < -0.3 is 19.4 Å². The second-order valence-corrected chi connectivity index (χ2v) is 9.26. The van der Waals surface area contributed by atoms with Crippen LogP contribution in [-0.2, 0) is 0 Å². The average Bonchev–Trinajstić information content (AvgIpc) is 2.83. The quantitative estimate of drug-likeness (QED) is 0.633. The fraction of sp³-hybridized carbons (Fsp3) is 0.720. The van der Waals surface area contributed by atoms with Crippen LogP contribution in [0.4, 0.5) is 4.79 Å². The zero-order valence-electron chi connectivity index (χ0n) is 18.6. The van der Waals surface area contributed by atoms with Gasteiger partial charge in [0.25, 0.3) is 0 Å². The molecule has 1 aromatic carbocycles. The van der Waals surface area contributed by atoms with Crippen LogP contribution in [0.2, 0.25) is 0 Å². The predicted molar refractivity (Wildman–Crippen MR) is 121 cm³/mol. The van der Waals surface area contributed by atoms with Crippen LogP contribution in [0.15, 0.2) is 24.3 Å². The van der Waals surface area contributed by atoms with Crippen molar-refractivity contribution >= 4 is 6.03 Å². The lowest BCUT2D eigenvalue weighted by atomic mass is 9.89.